The van der Waals surface area contributed by atoms with Gasteiger partial charge in [-0.2, -0.15) is 4.31 Å². The highest BCUT2D eigenvalue weighted by atomic mass is 32.2. The average Bonchev–Trinajstić information content (AvgIpc) is 2.77. The van der Waals surface area contributed by atoms with E-state index >= 15 is 0 Å². The van der Waals surface area contributed by atoms with Gasteiger partial charge in [-0.15, -0.1) is 11.3 Å². The Morgan fingerprint density at radius 3 is 2.30 bits per heavy atom. The van der Waals surface area contributed by atoms with E-state index in [4.69, 9.17) is 0 Å². The SMILES string of the molecule is CCC(=O)N1CCN(S(=O)(=O)c2cc(C)sc2C)CC1. The van der Waals surface area contributed by atoms with Crippen LogP contribution >= 0.6 is 11.3 Å². The lowest BCUT2D eigenvalue weighted by molar-refractivity contribution is -0.132. The molecule has 2 rings (SSSR count). The molecule has 112 valence electrons. The quantitative estimate of drug-likeness (QED) is 0.851. The second kappa shape index (κ2) is 5.83. The molecular weight excluding hydrogens is 296 g/mol. The zero-order chi connectivity index (χ0) is 14.9. The highest BCUT2D eigenvalue weighted by Crippen LogP contribution is 2.28. The van der Waals surface area contributed by atoms with Crippen molar-refractivity contribution in [2.45, 2.75) is 32.1 Å². The molecule has 0 unspecified atom stereocenters. The first-order valence-corrected chi connectivity index (χ1v) is 8.97. The Morgan fingerprint density at radius 2 is 1.85 bits per heavy atom. The van der Waals surface area contributed by atoms with Gasteiger partial charge >= 0.3 is 0 Å². The van der Waals surface area contributed by atoms with Crippen molar-refractivity contribution in [2.75, 3.05) is 26.2 Å². The van der Waals surface area contributed by atoms with Crippen LogP contribution in [0.3, 0.4) is 0 Å². The number of thiophene rings is 1. The standard InChI is InChI=1S/C13H20N2O3S2/c1-4-13(16)14-5-7-15(8-6-14)20(17,18)12-9-10(2)19-11(12)3/h9H,4-8H2,1-3H3. The van der Waals surface area contributed by atoms with E-state index in [-0.39, 0.29) is 5.91 Å². The number of carbonyl (C=O) groups excluding carboxylic acids is 1. The minimum absolute atomic E-state index is 0.0876. The van der Waals surface area contributed by atoms with Crippen molar-refractivity contribution in [1.82, 2.24) is 9.21 Å². The van der Waals surface area contributed by atoms with Crippen molar-refractivity contribution in [3.8, 4) is 0 Å². The van der Waals surface area contributed by atoms with E-state index in [1.54, 1.807) is 11.0 Å². The van der Waals surface area contributed by atoms with Crippen molar-refractivity contribution < 1.29 is 13.2 Å². The van der Waals surface area contributed by atoms with Gasteiger partial charge in [0.25, 0.3) is 0 Å². The molecule has 1 aromatic rings. The molecule has 0 aromatic carbocycles. The Kier molecular flexibility index (Phi) is 4.51. The lowest BCUT2D eigenvalue weighted by Gasteiger charge is -2.33. The minimum Gasteiger partial charge on any atom is -0.340 e. The maximum Gasteiger partial charge on any atom is 0.244 e. The van der Waals surface area contributed by atoms with Crippen LogP contribution in [-0.2, 0) is 14.8 Å². The third-order valence-corrected chi connectivity index (χ3v) is 6.63. The number of piperazine rings is 1. The van der Waals surface area contributed by atoms with Gasteiger partial charge in [-0.05, 0) is 19.9 Å². The molecule has 0 aliphatic carbocycles. The molecule has 0 saturated carbocycles. The van der Waals surface area contributed by atoms with E-state index in [0.29, 0.717) is 37.5 Å². The second-order valence-corrected chi connectivity index (χ2v) is 8.28. The summed E-state index contributed by atoms with van der Waals surface area (Å²) in [6, 6.07) is 1.74. The van der Waals surface area contributed by atoms with Gasteiger partial charge < -0.3 is 4.90 Å². The Morgan fingerprint density at radius 1 is 1.25 bits per heavy atom. The topological polar surface area (TPSA) is 57.7 Å². The first kappa shape index (κ1) is 15.5. The molecule has 0 N–H and O–H groups in total. The lowest BCUT2D eigenvalue weighted by Crippen LogP contribution is -2.50. The Bertz CT molecular complexity index is 599. The number of nitrogens with zero attached hydrogens (tertiary/aromatic N) is 2. The van der Waals surface area contributed by atoms with Gasteiger partial charge in [0.05, 0.1) is 4.90 Å². The van der Waals surface area contributed by atoms with Crippen LogP contribution in [0.2, 0.25) is 0 Å². The molecule has 1 amide bonds. The molecule has 5 nitrogen and oxygen atoms in total. The molecule has 2 heterocycles. The number of sulfonamides is 1. The molecule has 7 heteroatoms. The molecule has 20 heavy (non-hydrogen) atoms. The summed E-state index contributed by atoms with van der Waals surface area (Å²) in [6.45, 7) is 7.28. The van der Waals surface area contributed by atoms with Gasteiger partial charge in [0, 0.05) is 42.4 Å². The lowest BCUT2D eigenvalue weighted by atomic mass is 10.3. The van der Waals surface area contributed by atoms with Crippen LogP contribution in [0.4, 0.5) is 0 Å². The maximum atomic E-state index is 12.6. The van der Waals surface area contributed by atoms with Crippen molar-refractivity contribution in [3.63, 3.8) is 0 Å². The molecule has 1 aliphatic rings. The number of hydrogen-bond donors (Lipinski definition) is 0. The Hall–Kier alpha value is -0.920. The van der Waals surface area contributed by atoms with Gasteiger partial charge in [0.15, 0.2) is 0 Å². The van der Waals surface area contributed by atoms with Gasteiger partial charge in [0.2, 0.25) is 15.9 Å². The van der Waals surface area contributed by atoms with Crippen LogP contribution in [0.1, 0.15) is 23.1 Å². The largest absolute Gasteiger partial charge is 0.340 e. The molecule has 1 aromatic heterocycles. The summed E-state index contributed by atoms with van der Waals surface area (Å²) >= 11 is 1.50. The van der Waals surface area contributed by atoms with Gasteiger partial charge in [-0.1, -0.05) is 6.92 Å². The van der Waals surface area contributed by atoms with E-state index in [9.17, 15) is 13.2 Å². The predicted octanol–water partition coefficient (Wildman–Crippen LogP) is 1.61. The second-order valence-electron chi connectivity index (χ2n) is 4.92. The van der Waals surface area contributed by atoms with E-state index in [0.717, 1.165) is 9.75 Å². The first-order valence-electron chi connectivity index (χ1n) is 6.71. The number of aryl methyl sites for hydroxylation is 2. The maximum absolute atomic E-state index is 12.6. The van der Waals surface area contributed by atoms with E-state index in [2.05, 4.69) is 0 Å². The van der Waals surface area contributed by atoms with E-state index in [1.807, 2.05) is 20.8 Å². The smallest absolute Gasteiger partial charge is 0.244 e. The van der Waals surface area contributed by atoms with Gasteiger partial charge in [-0.3, -0.25) is 4.79 Å². The minimum atomic E-state index is -3.42. The summed E-state index contributed by atoms with van der Waals surface area (Å²) in [4.78, 5) is 15.6. The predicted molar refractivity (Wildman–Crippen MR) is 79.4 cm³/mol. The van der Waals surface area contributed by atoms with Gasteiger partial charge in [0.1, 0.15) is 0 Å². The summed E-state index contributed by atoms with van der Waals surface area (Å²) in [7, 11) is -3.42. The number of rotatable bonds is 3. The summed E-state index contributed by atoms with van der Waals surface area (Å²) in [6.07, 6.45) is 0.468. The summed E-state index contributed by atoms with van der Waals surface area (Å²) in [5, 5.41) is 0. The molecular formula is C13H20N2O3S2. The third kappa shape index (κ3) is 2.89. The number of amides is 1. The zero-order valence-corrected chi connectivity index (χ0v) is 13.7. The average molecular weight is 316 g/mol. The van der Waals surface area contributed by atoms with Crippen molar-refractivity contribution in [1.29, 1.82) is 0 Å². The van der Waals surface area contributed by atoms with Crippen molar-refractivity contribution in [2.24, 2.45) is 0 Å². The fraction of sp³-hybridized carbons (Fsp3) is 0.615. The van der Waals surface area contributed by atoms with Crippen LogP contribution in [-0.4, -0.2) is 49.7 Å². The number of carbonyl (C=O) groups is 1. The van der Waals surface area contributed by atoms with Crippen LogP contribution in [0.5, 0.6) is 0 Å². The van der Waals surface area contributed by atoms with Gasteiger partial charge in [-0.25, -0.2) is 8.42 Å². The van der Waals surface area contributed by atoms with Crippen LogP contribution in [0.15, 0.2) is 11.0 Å². The highest BCUT2D eigenvalue weighted by Gasteiger charge is 2.31. The first-order chi connectivity index (χ1) is 9.36. The normalized spacial score (nSPS) is 17.4. The molecule has 1 saturated heterocycles. The molecule has 1 fully saturated rings. The molecule has 0 spiro atoms. The molecule has 0 radical (unpaired) electrons. The monoisotopic (exact) mass is 316 g/mol. The molecule has 1 aliphatic heterocycles. The van der Waals surface area contributed by atoms with Crippen LogP contribution < -0.4 is 0 Å². The van der Waals surface area contributed by atoms with Crippen LogP contribution in [0.25, 0.3) is 0 Å². The van der Waals surface area contributed by atoms with Crippen molar-refractivity contribution in [3.05, 3.63) is 15.8 Å². The fourth-order valence-corrected chi connectivity index (χ4v) is 5.35. The van der Waals surface area contributed by atoms with E-state index in [1.165, 1.54) is 15.6 Å². The zero-order valence-electron chi connectivity index (χ0n) is 12.0. The summed E-state index contributed by atoms with van der Waals surface area (Å²) < 4.78 is 26.7. The van der Waals surface area contributed by atoms with Crippen LogP contribution in [0, 0.1) is 13.8 Å². The third-order valence-electron chi connectivity index (χ3n) is 3.51. The van der Waals surface area contributed by atoms with E-state index < -0.39 is 10.0 Å². The fourth-order valence-electron chi connectivity index (χ4n) is 2.40. The Balaban J connectivity index is 2.14. The summed E-state index contributed by atoms with van der Waals surface area (Å²) in [5.74, 6) is 0.0876. The number of hydrogen-bond acceptors (Lipinski definition) is 4. The van der Waals surface area contributed by atoms with Crippen molar-refractivity contribution >= 4 is 27.3 Å². The highest BCUT2D eigenvalue weighted by molar-refractivity contribution is 7.89. The summed E-state index contributed by atoms with van der Waals surface area (Å²) in [5.41, 5.74) is 0. The molecule has 0 bridgehead atoms. The Labute approximate surface area is 124 Å². The molecule has 0 atom stereocenters.